The fourth-order valence-corrected chi connectivity index (χ4v) is 0.891. The molecule has 0 unspecified atom stereocenters. The van der Waals surface area contributed by atoms with E-state index in [1.54, 1.807) is 6.08 Å². The molecule has 1 aromatic rings. The van der Waals surface area contributed by atoms with Gasteiger partial charge >= 0.3 is 0 Å². The van der Waals surface area contributed by atoms with Crippen molar-refractivity contribution < 1.29 is 0 Å². The molecule has 0 saturated carbocycles. The first-order chi connectivity index (χ1) is 6.47. The lowest BCUT2D eigenvalue weighted by atomic mass is 10.1. The Kier molecular flexibility index (Phi) is 5.62. The van der Waals surface area contributed by atoms with Crippen LogP contribution in [0.3, 0.4) is 0 Å². The molecular formula is C14H20. The lowest BCUT2D eigenvalue weighted by Gasteiger charge is -1.98. The second-order valence-corrected chi connectivity index (χ2v) is 3.64. The van der Waals surface area contributed by atoms with Crippen LogP contribution < -0.4 is 0 Å². The summed E-state index contributed by atoms with van der Waals surface area (Å²) in [5, 5.41) is 0. The summed E-state index contributed by atoms with van der Waals surface area (Å²) in [6.45, 7) is 15.3. The maximum Gasteiger partial charge on any atom is -0.0395 e. The highest BCUT2D eigenvalue weighted by atomic mass is 13.9. The van der Waals surface area contributed by atoms with E-state index in [2.05, 4.69) is 52.1 Å². The highest BCUT2D eigenvalue weighted by Gasteiger charge is 1.89. The van der Waals surface area contributed by atoms with Crippen molar-refractivity contribution in [1.82, 2.24) is 0 Å². The summed E-state index contributed by atoms with van der Waals surface area (Å²) in [6.07, 6.45) is 1.72. The van der Waals surface area contributed by atoms with Gasteiger partial charge in [-0.3, -0.25) is 0 Å². The van der Waals surface area contributed by atoms with Gasteiger partial charge < -0.3 is 0 Å². The van der Waals surface area contributed by atoms with Gasteiger partial charge in [0.1, 0.15) is 0 Å². The molecule has 0 amide bonds. The fourth-order valence-electron chi connectivity index (χ4n) is 0.891. The largest absolute Gasteiger partial charge is 0.0988 e. The third-order valence-electron chi connectivity index (χ3n) is 2.01. The van der Waals surface area contributed by atoms with E-state index in [4.69, 9.17) is 0 Å². The van der Waals surface area contributed by atoms with Crippen LogP contribution in [0.1, 0.15) is 23.6 Å². The van der Waals surface area contributed by atoms with Crippen molar-refractivity contribution in [1.29, 1.82) is 0 Å². The third-order valence-corrected chi connectivity index (χ3v) is 2.01. The summed E-state index contributed by atoms with van der Waals surface area (Å²) in [5.74, 6) is 0. The van der Waals surface area contributed by atoms with E-state index in [1.165, 1.54) is 16.7 Å². The molecule has 0 aliphatic heterocycles. The molecule has 1 rings (SSSR count). The Morgan fingerprint density at radius 2 is 1.64 bits per heavy atom. The SMILES string of the molecule is C=CC(=C)C.Cc1ccc(C)c(C)c1. The van der Waals surface area contributed by atoms with E-state index < -0.39 is 0 Å². The number of aryl methyl sites for hydroxylation is 3. The summed E-state index contributed by atoms with van der Waals surface area (Å²) in [5.41, 5.74) is 5.12. The molecular weight excluding hydrogens is 168 g/mol. The highest BCUT2D eigenvalue weighted by molar-refractivity contribution is 5.28. The molecule has 0 nitrogen and oxygen atoms in total. The average molecular weight is 188 g/mol. The van der Waals surface area contributed by atoms with Gasteiger partial charge in [0, 0.05) is 0 Å². The first kappa shape index (κ1) is 12.7. The van der Waals surface area contributed by atoms with Gasteiger partial charge in [-0.05, 0) is 38.8 Å². The Labute approximate surface area is 88.0 Å². The number of hydrogen-bond acceptors (Lipinski definition) is 0. The number of benzene rings is 1. The van der Waals surface area contributed by atoms with Crippen molar-refractivity contribution in [3.63, 3.8) is 0 Å². The van der Waals surface area contributed by atoms with Crippen LogP contribution in [0.4, 0.5) is 0 Å². The van der Waals surface area contributed by atoms with E-state index in [0.717, 1.165) is 5.57 Å². The van der Waals surface area contributed by atoms with Gasteiger partial charge in [0.15, 0.2) is 0 Å². The Morgan fingerprint density at radius 1 is 1.14 bits per heavy atom. The third kappa shape index (κ3) is 5.36. The zero-order valence-electron chi connectivity index (χ0n) is 9.72. The minimum absolute atomic E-state index is 1.02. The van der Waals surface area contributed by atoms with E-state index in [9.17, 15) is 0 Å². The number of hydrogen-bond donors (Lipinski definition) is 0. The van der Waals surface area contributed by atoms with Gasteiger partial charge in [0.25, 0.3) is 0 Å². The maximum absolute atomic E-state index is 3.56. The van der Waals surface area contributed by atoms with Gasteiger partial charge in [-0.1, -0.05) is 48.6 Å². The lowest BCUT2D eigenvalue weighted by molar-refractivity contribution is 1.30. The first-order valence-electron chi connectivity index (χ1n) is 4.79. The predicted molar refractivity (Wildman–Crippen MR) is 65.7 cm³/mol. The molecule has 0 heteroatoms. The van der Waals surface area contributed by atoms with Crippen molar-refractivity contribution in [2.75, 3.05) is 0 Å². The van der Waals surface area contributed by atoms with Gasteiger partial charge in [-0.2, -0.15) is 0 Å². The minimum atomic E-state index is 1.02. The van der Waals surface area contributed by atoms with Crippen molar-refractivity contribution in [3.05, 3.63) is 59.7 Å². The Balaban J connectivity index is 0.000000292. The predicted octanol–water partition coefficient (Wildman–Crippen LogP) is 4.36. The van der Waals surface area contributed by atoms with Crippen LogP contribution in [-0.4, -0.2) is 0 Å². The monoisotopic (exact) mass is 188 g/mol. The molecule has 0 aromatic heterocycles. The summed E-state index contributed by atoms with van der Waals surface area (Å²) in [6, 6.07) is 6.50. The zero-order chi connectivity index (χ0) is 11.1. The second-order valence-electron chi connectivity index (χ2n) is 3.64. The molecule has 0 atom stereocenters. The maximum atomic E-state index is 3.56. The van der Waals surface area contributed by atoms with Crippen LogP contribution in [0, 0.1) is 20.8 Å². The van der Waals surface area contributed by atoms with Gasteiger partial charge in [0.05, 0.1) is 0 Å². The number of rotatable bonds is 1. The molecule has 14 heavy (non-hydrogen) atoms. The van der Waals surface area contributed by atoms with Gasteiger partial charge in [0.2, 0.25) is 0 Å². The van der Waals surface area contributed by atoms with Gasteiger partial charge in [-0.15, -0.1) is 0 Å². The standard InChI is InChI=1S/C9H12.C5H8/c1-7-4-5-8(2)9(3)6-7;1-4-5(2)3/h4-6H,1-3H3;4H,1-2H2,3H3. The molecule has 0 bridgehead atoms. The van der Waals surface area contributed by atoms with Crippen molar-refractivity contribution >= 4 is 0 Å². The summed E-state index contributed by atoms with van der Waals surface area (Å²) >= 11 is 0. The van der Waals surface area contributed by atoms with Crippen LogP contribution >= 0.6 is 0 Å². The van der Waals surface area contributed by atoms with Crippen LogP contribution in [-0.2, 0) is 0 Å². The summed E-state index contributed by atoms with van der Waals surface area (Å²) < 4.78 is 0. The topological polar surface area (TPSA) is 0 Å². The molecule has 0 radical (unpaired) electrons. The van der Waals surface area contributed by atoms with E-state index in [0.29, 0.717) is 0 Å². The second kappa shape index (κ2) is 6.20. The molecule has 0 aliphatic rings. The lowest BCUT2D eigenvalue weighted by Crippen LogP contribution is -1.79. The molecule has 0 N–H and O–H groups in total. The summed E-state index contributed by atoms with van der Waals surface area (Å²) in [7, 11) is 0. The number of allylic oxidation sites excluding steroid dienone is 2. The smallest absolute Gasteiger partial charge is 0.0395 e. The quantitative estimate of drug-likeness (QED) is 0.574. The van der Waals surface area contributed by atoms with E-state index in [1.807, 2.05) is 6.92 Å². The molecule has 76 valence electrons. The van der Waals surface area contributed by atoms with Crippen molar-refractivity contribution in [3.8, 4) is 0 Å². The Morgan fingerprint density at radius 3 is 1.93 bits per heavy atom. The molecule has 0 spiro atoms. The normalized spacial score (nSPS) is 8.57. The van der Waals surface area contributed by atoms with Gasteiger partial charge in [-0.25, -0.2) is 0 Å². The highest BCUT2D eigenvalue weighted by Crippen LogP contribution is 2.07. The Bertz CT molecular complexity index is 319. The van der Waals surface area contributed by atoms with E-state index >= 15 is 0 Å². The van der Waals surface area contributed by atoms with E-state index in [-0.39, 0.29) is 0 Å². The molecule has 0 saturated heterocycles. The van der Waals surface area contributed by atoms with Crippen LogP contribution in [0.25, 0.3) is 0 Å². The van der Waals surface area contributed by atoms with Crippen LogP contribution in [0.15, 0.2) is 43.0 Å². The van der Waals surface area contributed by atoms with Crippen molar-refractivity contribution in [2.45, 2.75) is 27.7 Å². The molecule has 1 aromatic carbocycles. The van der Waals surface area contributed by atoms with Crippen LogP contribution in [0.5, 0.6) is 0 Å². The fraction of sp³-hybridized carbons (Fsp3) is 0.286. The molecule has 0 aliphatic carbocycles. The van der Waals surface area contributed by atoms with Crippen molar-refractivity contribution in [2.24, 2.45) is 0 Å². The summed E-state index contributed by atoms with van der Waals surface area (Å²) in [4.78, 5) is 0. The minimum Gasteiger partial charge on any atom is -0.0988 e. The zero-order valence-corrected chi connectivity index (χ0v) is 9.72. The molecule has 0 heterocycles. The Hall–Kier alpha value is -1.30. The average Bonchev–Trinajstić information content (AvgIpc) is 2.13. The first-order valence-corrected chi connectivity index (χ1v) is 4.79. The molecule has 0 fully saturated rings. The van der Waals surface area contributed by atoms with Crippen LogP contribution in [0.2, 0.25) is 0 Å².